The van der Waals surface area contributed by atoms with Crippen molar-refractivity contribution in [2.75, 3.05) is 13.2 Å². The maximum Gasteiger partial charge on any atom is 0.344 e. The summed E-state index contributed by atoms with van der Waals surface area (Å²) in [5.74, 6) is 6.62. The molecule has 4 aliphatic rings. The van der Waals surface area contributed by atoms with E-state index in [4.69, 9.17) is 23.4 Å². The molecule has 0 spiro atoms. The van der Waals surface area contributed by atoms with Crippen molar-refractivity contribution in [3.05, 3.63) is 70.1 Å². The highest BCUT2D eigenvalue weighted by Crippen LogP contribution is 2.67. The van der Waals surface area contributed by atoms with Crippen molar-refractivity contribution in [3.8, 4) is 23.0 Å². The third-order valence-corrected chi connectivity index (χ3v) is 14.3. The monoisotopic (exact) mass is 738 g/mol. The molecule has 0 unspecified atom stereocenters. The number of benzene rings is 2. The van der Waals surface area contributed by atoms with Crippen LogP contribution in [0.25, 0.3) is 11.0 Å². The van der Waals surface area contributed by atoms with E-state index in [2.05, 4.69) is 40.7 Å². The Morgan fingerprint density at radius 2 is 1.67 bits per heavy atom. The molecule has 0 aliphatic heterocycles. The van der Waals surface area contributed by atoms with Gasteiger partial charge >= 0.3 is 5.97 Å². The second-order valence-electron chi connectivity index (χ2n) is 17.9. The smallest absolute Gasteiger partial charge is 0.344 e. The zero-order chi connectivity index (χ0) is 38.2. The molecule has 7 nitrogen and oxygen atoms in total. The van der Waals surface area contributed by atoms with E-state index in [1.807, 2.05) is 6.92 Å². The first-order valence-corrected chi connectivity index (χ1v) is 20.9. The van der Waals surface area contributed by atoms with Crippen molar-refractivity contribution in [3.63, 3.8) is 0 Å². The molecule has 1 aromatic heterocycles. The molecule has 0 N–H and O–H groups in total. The number of aryl methyl sites for hydroxylation is 1. The number of allylic oxidation sites excluding steroid dienone is 1. The molecule has 0 bridgehead atoms. The second-order valence-corrected chi connectivity index (χ2v) is 17.9. The molecule has 0 radical (unpaired) electrons. The van der Waals surface area contributed by atoms with E-state index in [-0.39, 0.29) is 35.3 Å². The molecule has 3 fully saturated rings. The summed E-state index contributed by atoms with van der Waals surface area (Å²) in [6.07, 6.45) is 16.0. The summed E-state index contributed by atoms with van der Waals surface area (Å²) < 4.78 is 29.3. The number of hydrogen-bond acceptors (Lipinski definition) is 7. The van der Waals surface area contributed by atoms with Gasteiger partial charge in [-0.25, -0.2) is 4.79 Å². The first-order valence-electron chi connectivity index (χ1n) is 20.9. The highest BCUT2D eigenvalue weighted by molar-refractivity contribution is 5.80. The Hall–Kier alpha value is -3.74. The van der Waals surface area contributed by atoms with Gasteiger partial charge in [-0.1, -0.05) is 65.5 Å². The van der Waals surface area contributed by atoms with Gasteiger partial charge in [0.15, 0.2) is 6.61 Å². The Morgan fingerprint density at radius 3 is 2.43 bits per heavy atom. The van der Waals surface area contributed by atoms with Crippen LogP contribution in [0.2, 0.25) is 0 Å². The molecule has 7 heteroatoms. The minimum absolute atomic E-state index is 0.126. The van der Waals surface area contributed by atoms with Crippen LogP contribution in [0, 0.1) is 53.3 Å². The molecule has 0 amide bonds. The first kappa shape index (κ1) is 38.5. The summed E-state index contributed by atoms with van der Waals surface area (Å²) in [6.45, 7) is 16.4. The molecule has 292 valence electrons. The van der Waals surface area contributed by atoms with Crippen LogP contribution in [0.5, 0.6) is 23.0 Å². The molecule has 0 saturated heterocycles. The van der Waals surface area contributed by atoms with Crippen molar-refractivity contribution in [2.45, 2.75) is 125 Å². The number of carbonyl (C=O) groups excluding carboxylic acids is 1. The van der Waals surface area contributed by atoms with Crippen LogP contribution in [0.3, 0.4) is 0 Å². The van der Waals surface area contributed by atoms with Crippen LogP contribution in [0.15, 0.2) is 63.3 Å². The highest BCUT2D eigenvalue weighted by Gasteiger charge is 2.59. The van der Waals surface area contributed by atoms with Crippen LogP contribution < -0.4 is 19.6 Å². The Balaban J connectivity index is 0.936. The predicted octanol–water partition coefficient (Wildman–Crippen LogP) is 11.6. The predicted molar refractivity (Wildman–Crippen MR) is 213 cm³/mol. The Labute approximate surface area is 322 Å². The number of ether oxygens (including phenoxy) is 4. The summed E-state index contributed by atoms with van der Waals surface area (Å²) in [6, 6.07) is 12.1. The molecular weight excluding hydrogens is 677 g/mol. The summed E-state index contributed by atoms with van der Waals surface area (Å²) in [5, 5.41) is 0.367. The van der Waals surface area contributed by atoms with Crippen LogP contribution in [0.1, 0.15) is 118 Å². The number of esters is 1. The quantitative estimate of drug-likeness (QED) is 0.127. The number of carbonyl (C=O) groups is 1. The number of hydrogen-bond donors (Lipinski definition) is 0. The van der Waals surface area contributed by atoms with Crippen molar-refractivity contribution in [1.29, 1.82) is 0 Å². The molecule has 3 aromatic rings. The summed E-state index contributed by atoms with van der Waals surface area (Å²) >= 11 is 0. The molecule has 1 heterocycles. The fourth-order valence-corrected chi connectivity index (χ4v) is 11.5. The number of rotatable bonds is 13. The number of fused-ring (bicyclic) bond motifs is 6. The minimum atomic E-state index is -0.373. The summed E-state index contributed by atoms with van der Waals surface area (Å²) in [5.41, 5.74) is 2.29. The van der Waals surface area contributed by atoms with Crippen LogP contribution in [0.4, 0.5) is 0 Å². The zero-order valence-electron chi connectivity index (χ0n) is 33.7. The Morgan fingerprint density at radius 1 is 0.907 bits per heavy atom. The fraction of sp³-hybridized carbons (Fsp3) is 0.617. The van der Waals surface area contributed by atoms with Gasteiger partial charge in [-0.3, -0.25) is 4.79 Å². The van der Waals surface area contributed by atoms with Gasteiger partial charge in [0, 0.05) is 12.5 Å². The lowest BCUT2D eigenvalue weighted by atomic mass is 9.47. The first-order chi connectivity index (χ1) is 25.9. The van der Waals surface area contributed by atoms with E-state index in [0.29, 0.717) is 40.3 Å². The topological polar surface area (TPSA) is 84.2 Å². The lowest BCUT2D eigenvalue weighted by Crippen LogP contribution is -2.51. The van der Waals surface area contributed by atoms with Gasteiger partial charge in [-0.2, -0.15) is 0 Å². The molecule has 4 aliphatic carbocycles. The van der Waals surface area contributed by atoms with Crippen molar-refractivity contribution in [1.82, 2.24) is 0 Å². The molecule has 2 aromatic carbocycles. The van der Waals surface area contributed by atoms with E-state index >= 15 is 0 Å². The van der Waals surface area contributed by atoms with Crippen molar-refractivity contribution >= 4 is 16.9 Å². The standard InChI is InChI=1S/C47H62O7/c1-8-50-33-13-15-34(16-14-33)54-45-31(5)52-42-27-35(17-19-38(42)44(45)49)51-28-43(48)53-36-22-24-46(6)32(26-36)12-18-37-40-21-20-39(30(4)11-9-10-29(2)3)47(40,7)25-23-41(37)46/h12-17,19,27,29-30,36-37,39-41H,8-11,18,20-26,28H2,1-7H3/t30-,36-,37+,39-,40+,41+,46-,47+/m0/s1. The van der Waals surface area contributed by atoms with Gasteiger partial charge in [-0.05, 0) is 142 Å². The average molecular weight is 739 g/mol. The Kier molecular flexibility index (Phi) is 11.3. The third kappa shape index (κ3) is 7.58. The van der Waals surface area contributed by atoms with Gasteiger partial charge in [0.25, 0.3) is 0 Å². The molecule has 7 rings (SSSR count). The lowest BCUT2D eigenvalue weighted by Gasteiger charge is -2.58. The van der Waals surface area contributed by atoms with Gasteiger partial charge in [0.2, 0.25) is 11.2 Å². The largest absolute Gasteiger partial charge is 0.494 e. The molecule has 8 atom stereocenters. The van der Waals surface area contributed by atoms with Crippen molar-refractivity contribution in [2.24, 2.45) is 46.3 Å². The van der Waals surface area contributed by atoms with E-state index in [9.17, 15) is 9.59 Å². The van der Waals surface area contributed by atoms with Gasteiger partial charge in [-0.15, -0.1) is 0 Å². The molecular formula is C47H62O7. The maximum atomic E-state index is 13.3. The van der Waals surface area contributed by atoms with Gasteiger partial charge < -0.3 is 23.4 Å². The SMILES string of the molecule is CCOc1ccc(Oc2c(C)oc3cc(OCC(=O)O[C@H]4CC[C@@]5(C)C(=CC[C@@H]6[C@H]7CC[C@@H]([C@@H](C)CCCC(C)C)[C@@]7(C)CC[C@H]65)C4)ccc3c2=O)cc1. The summed E-state index contributed by atoms with van der Waals surface area (Å²) in [4.78, 5) is 26.4. The third-order valence-electron chi connectivity index (χ3n) is 14.3. The average Bonchev–Trinajstić information content (AvgIpc) is 3.50. The maximum absolute atomic E-state index is 13.3. The summed E-state index contributed by atoms with van der Waals surface area (Å²) in [7, 11) is 0. The fourth-order valence-electron chi connectivity index (χ4n) is 11.5. The van der Waals surface area contributed by atoms with Gasteiger partial charge in [0.05, 0.1) is 12.0 Å². The normalized spacial score (nSPS) is 29.5. The van der Waals surface area contributed by atoms with Crippen LogP contribution in [-0.4, -0.2) is 25.3 Å². The van der Waals surface area contributed by atoms with E-state index in [1.54, 1.807) is 49.4 Å². The zero-order valence-corrected chi connectivity index (χ0v) is 33.7. The molecule has 54 heavy (non-hydrogen) atoms. The van der Waals surface area contributed by atoms with E-state index in [0.717, 1.165) is 60.5 Å². The van der Waals surface area contributed by atoms with Crippen LogP contribution >= 0.6 is 0 Å². The van der Waals surface area contributed by atoms with E-state index < -0.39 is 0 Å². The van der Waals surface area contributed by atoms with Crippen molar-refractivity contribution < 1.29 is 28.2 Å². The highest BCUT2D eigenvalue weighted by atomic mass is 16.6. The van der Waals surface area contributed by atoms with E-state index in [1.165, 1.54) is 56.9 Å². The van der Waals surface area contributed by atoms with Gasteiger partial charge in [0.1, 0.15) is 34.7 Å². The lowest BCUT2D eigenvalue weighted by molar-refractivity contribution is -0.153. The molecule has 3 saturated carbocycles. The van der Waals surface area contributed by atoms with Crippen LogP contribution in [-0.2, 0) is 9.53 Å². The minimum Gasteiger partial charge on any atom is -0.494 e. The second kappa shape index (κ2) is 15.8. The Bertz CT molecular complexity index is 1890.